The number of para-hydroxylation sites is 1. The molecule has 3 amide bonds. The Morgan fingerprint density at radius 2 is 1.77 bits per heavy atom. The van der Waals surface area contributed by atoms with Crippen LogP contribution in [-0.2, 0) is 14.4 Å². The predicted molar refractivity (Wildman–Crippen MR) is 132 cm³/mol. The van der Waals surface area contributed by atoms with Gasteiger partial charge in [0.25, 0.3) is 0 Å². The fourth-order valence-electron chi connectivity index (χ4n) is 5.03. The van der Waals surface area contributed by atoms with Crippen LogP contribution in [0.15, 0.2) is 36.5 Å². The number of benzene rings is 1. The van der Waals surface area contributed by atoms with Crippen molar-refractivity contribution >= 4 is 23.5 Å². The van der Waals surface area contributed by atoms with Crippen molar-refractivity contribution in [2.75, 3.05) is 18.9 Å². The van der Waals surface area contributed by atoms with Gasteiger partial charge in [0, 0.05) is 6.54 Å². The largest absolute Gasteiger partial charge is 0.343 e. The van der Waals surface area contributed by atoms with Crippen LogP contribution in [0.5, 0.6) is 0 Å². The summed E-state index contributed by atoms with van der Waals surface area (Å²) in [5, 5.41) is 16.9. The summed E-state index contributed by atoms with van der Waals surface area (Å²) in [5.41, 5.74) is 0.776. The number of carbonyl (C=O) groups excluding carboxylic acids is 3. The summed E-state index contributed by atoms with van der Waals surface area (Å²) in [6, 6.07) is 7.79. The molecule has 3 atom stereocenters. The molecule has 4 rings (SSSR count). The van der Waals surface area contributed by atoms with E-state index in [1.165, 1.54) is 6.20 Å². The highest BCUT2D eigenvalue weighted by Crippen LogP contribution is 2.29. The van der Waals surface area contributed by atoms with E-state index in [0.717, 1.165) is 44.2 Å². The molecule has 2 fully saturated rings. The molecule has 35 heavy (non-hydrogen) atoms. The molecule has 1 saturated carbocycles. The predicted octanol–water partition coefficient (Wildman–Crippen LogP) is 1.87. The topological polar surface area (TPSA) is 121 Å². The van der Waals surface area contributed by atoms with Gasteiger partial charge in [0.1, 0.15) is 12.1 Å². The second kappa shape index (κ2) is 11.4. The zero-order valence-electron chi connectivity index (χ0n) is 20.4. The molecule has 1 saturated heterocycles. The number of rotatable bonds is 8. The van der Waals surface area contributed by atoms with Crippen molar-refractivity contribution in [3.05, 3.63) is 36.5 Å². The number of amides is 3. The van der Waals surface area contributed by atoms with Crippen molar-refractivity contribution in [2.24, 2.45) is 5.92 Å². The van der Waals surface area contributed by atoms with Gasteiger partial charge in [-0.2, -0.15) is 4.68 Å². The lowest BCUT2D eigenvalue weighted by Gasteiger charge is -2.35. The van der Waals surface area contributed by atoms with Crippen molar-refractivity contribution in [2.45, 2.75) is 70.0 Å². The zero-order chi connectivity index (χ0) is 24.8. The zero-order valence-corrected chi connectivity index (χ0v) is 20.4. The Kier molecular flexibility index (Phi) is 8.12. The Hall–Kier alpha value is -3.27. The third-order valence-corrected chi connectivity index (χ3v) is 7.15. The van der Waals surface area contributed by atoms with E-state index < -0.39 is 18.1 Å². The van der Waals surface area contributed by atoms with Gasteiger partial charge in [-0.3, -0.25) is 14.4 Å². The van der Waals surface area contributed by atoms with Gasteiger partial charge in [-0.15, -0.1) is 5.10 Å². The molecule has 0 bridgehead atoms. The number of likely N-dealkylation sites (N-methyl/N-ethyl adjacent to an activating group) is 1. The highest BCUT2D eigenvalue weighted by Gasteiger charge is 2.41. The van der Waals surface area contributed by atoms with Gasteiger partial charge in [-0.05, 0) is 57.7 Å². The number of hydrogen-bond acceptors (Lipinski definition) is 6. The fraction of sp³-hybridized carbons (Fsp3) is 0.560. The number of likely N-dealkylation sites (tertiary alicyclic amines) is 1. The van der Waals surface area contributed by atoms with Gasteiger partial charge in [0.15, 0.2) is 5.82 Å². The van der Waals surface area contributed by atoms with Crippen molar-refractivity contribution < 1.29 is 14.4 Å². The van der Waals surface area contributed by atoms with E-state index in [1.807, 2.05) is 30.3 Å². The molecular weight excluding hydrogens is 446 g/mol. The number of aromatic nitrogens is 3. The summed E-state index contributed by atoms with van der Waals surface area (Å²) < 4.78 is 1.56. The van der Waals surface area contributed by atoms with Crippen LogP contribution >= 0.6 is 0 Å². The lowest BCUT2D eigenvalue weighted by atomic mass is 9.83. The summed E-state index contributed by atoms with van der Waals surface area (Å²) in [5.74, 6) is -0.110. The second-order valence-electron chi connectivity index (χ2n) is 9.44. The molecule has 2 aromatic rings. The van der Waals surface area contributed by atoms with Gasteiger partial charge in [-0.1, -0.05) is 42.7 Å². The molecule has 10 heteroatoms. The number of anilines is 1. The molecule has 10 nitrogen and oxygen atoms in total. The second-order valence-corrected chi connectivity index (χ2v) is 9.44. The standard InChI is InChI=1S/C25H35N7O3/c1-17(26-2)23(33)29-22(18-10-5-3-6-11-18)25(35)31-15-9-14-20(31)24(34)28-21-16-27-30-32(21)19-12-7-4-8-13-19/h4,7-8,12-13,16-18,20,22,26H,3,5-6,9-11,14-15H2,1-2H3,(H,28,34)(H,29,33)/t17-,20-,22-/m0/s1. The van der Waals surface area contributed by atoms with Crippen LogP contribution in [0.25, 0.3) is 5.69 Å². The monoisotopic (exact) mass is 481 g/mol. The highest BCUT2D eigenvalue weighted by atomic mass is 16.2. The van der Waals surface area contributed by atoms with E-state index in [2.05, 4.69) is 26.3 Å². The Morgan fingerprint density at radius 1 is 1.03 bits per heavy atom. The van der Waals surface area contributed by atoms with Gasteiger partial charge in [-0.25, -0.2) is 0 Å². The summed E-state index contributed by atoms with van der Waals surface area (Å²) in [4.78, 5) is 41.4. The summed E-state index contributed by atoms with van der Waals surface area (Å²) in [7, 11) is 1.72. The highest BCUT2D eigenvalue weighted by molar-refractivity contribution is 5.98. The lowest BCUT2D eigenvalue weighted by Crippen LogP contribution is -2.57. The van der Waals surface area contributed by atoms with E-state index in [-0.39, 0.29) is 23.6 Å². The van der Waals surface area contributed by atoms with E-state index in [4.69, 9.17) is 0 Å². The van der Waals surface area contributed by atoms with E-state index in [0.29, 0.717) is 18.8 Å². The first-order valence-electron chi connectivity index (χ1n) is 12.5. The Labute approximate surface area is 205 Å². The van der Waals surface area contributed by atoms with Crippen molar-refractivity contribution in [1.82, 2.24) is 30.5 Å². The fourth-order valence-corrected chi connectivity index (χ4v) is 5.03. The Bertz CT molecular complexity index is 1020. The molecule has 1 aromatic carbocycles. The van der Waals surface area contributed by atoms with Crippen LogP contribution < -0.4 is 16.0 Å². The Balaban J connectivity index is 1.50. The van der Waals surface area contributed by atoms with E-state index >= 15 is 0 Å². The number of nitrogens with one attached hydrogen (secondary N) is 3. The molecular formula is C25H35N7O3. The molecule has 1 aliphatic heterocycles. The maximum Gasteiger partial charge on any atom is 0.248 e. The molecule has 188 valence electrons. The SMILES string of the molecule is CN[C@@H](C)C(=O)N[C@H](C(=O)N1CCC[C@H]1C(=O)Nc1cnnn1-c1ccccc1)C1CCCCC1. The minimum absolute atomic E-state index is 0.0808. The van der Waals surface area contributed by atoms with Gasteiger partial charge in [0.05, 0.1) is 17.9 Å². The van der Waals surface area contributed by atoms with Gasteiger partial charge >= 0.3 is 0 Å². The van der Waals surface area contributed by atoms with Crippen LogP contribution in [0, 0.1) is 5.92 Å². The first-order valence-corrected chi connectivity index (χ1v) is 12.5. The summed E-state index contributed by atoms with van der Waals surface area (Å²) in [6.45, 7) is 2.27. The smallest absolute Gasteiger partial charge is 0.248 e. The van der Waals surface area contributed by atoms with Crippen LogP contribution in [-0.4, -0.2) is 69.3 Å². The van der Waals surface area contributed by atoms with E-state index in [1.54, 1.807) is 23.6 Å². The van der Waals surface area contributed by atoms with Crippen LogP contribution in [0.3, 0.4) is 0 Å². The van der Waals surface area contributed by atoms with Gasteiger partial charge in [0.2, 0.25) is 17.7 Å². The number of carbonyl (C=O) groups is 3. The molecule has 1 aliphatic carbocycles. The number of nitrogens with zero attached hydrogens (tertiary/aromatic N) is 4. The average molecular weight is 482 g/mol. The quantitative estimate of drug-likeness (QED) is 0.529. The molecule has 0 unspecified atom stereocenters. The summed E-state index contributed by atoms with van der Waals surface area (Å²) in [6.07, 6.45) is 7.85. The first kappa shape index (κ1) is 24.8. The van der Waals surface area contributed by atoms with Crippen LogP contribution in [0.1, 0.15) is 51.9 Å². The molecule has 0 radical (unpaired) electrons. The van der Waals surface area contributed by atoms with Crippen LogP contribution in [0.2, 0.25) is 0 Å². The van der Waals surface area contributed by atoms with Crippen molar-refractivity contribution in [3.63, 3.8) is 0 Å². The van der Waals surface area contributed by atoms with Gasteiger partial charge < -0.3 is 20.9 Å². The number of hydrogen-bond donors (Lipinski definition) is 3. The van der Waals surface area contributed by atoms with Crippen molar-refractivity contribution in [3.8, 4) is 5.69 Å². The maximum absolute atomic E-state index is 13.8. The minimum Gasteiger partial charge on any atom is -0.343 e. The maximum atomic E-state index is 13.8. The van der Waals surface area contributed by atoms with E-state index in [9.17, 15) is 14.4 Å². The lowest BCUT2D eigenvalue weighted by molar-refractivity contribution is -0.142. The third-order valence-electron chi connectivity index (χ3n) is 7.15. The Morgan fingerprint density at radius 3 is 2.49 bits per heavy atom. The molecule has 3 N–H and O–H groups in total. The molecule has 0 spiro atoms. The molecule has 1 aromatic heterocycles. The summed E-state index contributed by atoms with van der Waals surface area (Å²) >= 11 is 0. The van der Waals surface area contributed by atoms with Crippen molar-refractivity contribution in [1.29, 1.82) is 0 Å². The molecule has 2 heterocycles. The normalized spacial score (nSPS) is 20.3. The average Bonchev–Trinajstić information content (AvgIpc) is 3.57. The molecule has 2 aliphatic rings. The minimum atomic E-state index is -0.622. The van der Waals surface area contributed by atoms with Crippen LogP contribution in [0.4, 0.5) is 5.82 Å². The third kappa shape index (κ3) is 5.70. The first-order chi connectivity index (χ1) is 17.0.